The Labute approximate surface area is 115 Å². The van der Waals surface area contributed by atoms with E-state index < -0.39 is 5.54 Å². The molecule has 1 nitrogen and oxygen atoms in total. The highest BCUT2D eigenvalue weighted by molar-refractivity contribution is 6.42. The molecule has 0 amide bonds. The minimum absolute atomic E-state index is 0.299. The van der Waals surface area contributed by atoms with Gasteiger partial charge in [0.2, 0.25) is 0 Å². The van der Waals surface area contributed by atoms with Crippen LogP contribution in [-0.4, -0.2) is 0 Å². The first-order chi connectivity index (χ1) is 8.43. The molecule has 0 aliphatic heterocycles. The van der Waals surface area contributed by atoms with Crippen LogP contribution >= 0.6 is 23.2 Å². The number of rotatable bonds is 2. The Bertz CT molecular complexity index is 565. The molecule has 2 rings (SSSR count). The van der Waals surface area contributed by atoms with Crippen molar-refractivity contribution in [3.8, 4) is 0 Å². The summed E-state index contributed by atoms with van der Waals surface area (Å²) in [6, 6.07) is 11.3. The Morgan fingerprint density at radius 2 is 1.67 bits per heavy atom. The summed E-state index contributed by atoms with van der Waals surface area (Å²) >= 11 is 12.2. The van der Waals surface area contributed by atoms with Crippen molar-refractivity contribution < 1.29 is 4.39 Å². The Hall–Kier alpha value is -1.09. The zero-order chi connectivity index (χ0) is 13.3. The van der Waals surface area contributed by atoms with Crippen LogP contribution in [0.1, 0.15) is 18.1 Å². The molecule has 0 fully saturated rings. The van der Waals surface area contributed by atoms with Crippen LogP contribution in [0.4, 0.5) is 4.39 Å². The summed E-state index contributed by atoms with van der Waals surface area (Å²) in [6.45, 7) is 1.82. The quantitative estimate of drug-likeness (QED) is 0.871. The minimum atomic E-state index is -0.824. The largest absolute Gasteiger partial charge is 0.318 e. The molecule has 0 saturated heterocycles. The molecule has 0 aliphatic rings. The van der Waals surface area contributed by atoms with Gasteiger partial charge in [0.1, 0.15) is 5.82 Å². The fourth-order valence-corrected chi connectivity index (χ4v) is 2.35. The highest BCUT2D eigenvalue weighted by Gasteiger charge is 2.26. The summed E-state index contributed by atoms with van der Waals surface area (Å²) in [5.41, 5.74) is 6.97. The first kappa shape index (κ1) is 13.3. The van der Waals surface area contributed by atoms with Crippen molar-refractivity contribution >= 4 is 23.2 Å². The van der Waals surface area contributed by atoms with Crippen molar-refractivity contribution in [3.05, 3.63) is 69.5 Å². The smallest absolute Gasteiger partial charge is 0.123 e. The molecule has 0 spiro atoms. The molecule has 2 aromatic rings. The van der Waals surface area contributed by atoms with Gasteiger partial charge in [0.25, 0.3) is 0 Å². The first-order valence-corrected chi connectivity index (χ1v) is 6.18. The standard InChI is InChI=1S/C14H12Cl2FN/c1-14(18,9-5-7-10(17)8-6-9)11-3-2-4-12(15)13(11)16/h2-8H,18H2,1H3. The third-order valence-corrected chi connectivity index (χ3v) is 3.77. The van der Waals surface area contributed by atoms with Crippen LogP contribution in [-0.2, 0) is 5.54 Å². The van der Waals surface area contributed by atoms with Gasteiger partial charge < -0.3 is 5.73 Å². The van der Waals surface area contributed by atoms with Crippen LogP contribution in [0, 0.1) is 5.82 Å². The van der Waals surface area contributed by atoms with Gasteiger partial charge in [-0.25, -0.2) is 4.39 Å². The van der Waals surface area contributed by atoms with Crippen LogP contribution in [0.15, 0.2) is 42.5 Å². The van der Waals surface area contributed by atoms with Crippen molar-refractivity contribution in [2.75, 3.05) is 0 Å². The highest BCUT2D eigenvalue weighted by atomic mass is 35.5. The van der Waals surface area contributed by atoms with Gasteiger partial charge in [-0.15, -0.1) is 0 Å². The summed E-state index contributed by atoms with van der Waals surface area (Å²) in [4.78, 5) is 0. The summed E-state index contributed by atoms with van der Waals surface area (Å²) in [5, 5.41) is 0.876. The number of nitrogens with two attached hydrogens (primary N) is 1. The molecule has 0 bridgehead atoms. The molecule has 0 aromatic heterocycles. The van der Waals surface area contributed by atoms with E-state index >= 15 is 0 Å². The molecule has 1 unspecified atom stereocenters. The number of benzene rings is 2. The maximum Gasteiger partial charge on any atom is 0.123 e. The molecule has 1 atom stereocenters. The zero-order valence-electron chi connectivity index (χ0n) is 9.75. The molecule has 0 aliphatic carbocycles. The predicted octanol–water partition coefficient (Wildman–Crippen LogP) is 4.35. The number of hydrogen-bond donors (Lipinski definition) is 1. The van der Waals surface area contributed by atoms with E-state index in [-0.39, 0.29) is 5.82 Å². The van der Waals surface area contributed by atoms with Gasteiger partial charge in [-0.05, 0) is 36.2 Å². The molecular weight excluding hydrogens is 272 g/mol. The first-order valence-electron chi connectivity index (χ1n) is 5.42. The molecule has 0 saturated carbocycles. The van der Waals surface area contributed by atoms with Gasteiger partial charge >= 0.3 is 0 Å². The van der Waals surface area contributed by atoms with Gasteiger partial charge in [0.05, 0.1) is 15.6 Å². The van der Waals surface area contributed by atoms with Crippen molar-refractivity contribution in [2.24, 2.45) is 5.73 Å². The Morgan fingerprint density at radius 3 is 2.28 bits per heavy atom. The van der Waals surface area contributed by atoms with E-state index in [1.54, 1.807) is 24.3 Å². The average molecular weight is 284 g/mol. The molecule has 18 heavy (non-hydrogen) atoms. The van der Waals surface area contributed by atoms with E-state index in [4.69, 9.17) is 28.9 Å². The third-order valence-electron chi connectivity index (χ3n) is 2.96. The SMILES string of the molecule is CC(N)(c1ccc(F)cc1)c1cccc(Cl)c1Cl. The van der Waals surface area contributed by atoms with Gasteiger partial charge in [-0.2, -0.15) is 0 Å². The van der Waals surface area contributed by atoms with E-state index in [0.29, 0.717) is 15.6 Å². The summed E-state index contributed by atoms with van der Waals surface area (Å²) < 4.78 is 12.9. The second-order valence-electron chi connectivity index (χ2n) is 4.31. The average Bonchev–Trinajstić information content (AvgIpc) is 2.33. The Balaban J connectivity index is 2.54. The predicted molar refractivity (Wildman–Crippen MR) is 73.5 cm³/mol. The fourth-order valence-electron chi connectivity index (χ4n) is 1.86. The van der Waals surface area contributed by atoms with Gasteiger partial charge in [0.15, 0.2) is 0 Å². The molecular formula is C14H12Cl2FN. The van der Waals surface area contributed by atoms with Gasteiger partial charge in [0, 0.05) is 0 Å². The lowest BCUT2D eigenvalue weighted by molar-refractivity contribution is 0.593. The third kappa shape index (κ3) is 2.37. The fraction of sp³-hybridized carbons (Fsp3) is 0.143. The molecule has 4 heteroatoms. The van der Waals surface area contributed by atoms with Gasteiger partial charge in [-0.3, -0.25) is 0 Å². The lowest BCUT2D eigenvalue weighted by atomic mass is 9.85. The van der Waals surface area contributed by atoms with Crippen molar-refractivity contribution in [1.82, 2.24) is 0 Å². The summed E-state index contributed by atoms with van der Waals surface area (Å²) in [7, 11) is 0. The second kappa shape index (κ2) is 4.88. The van der Waals surface area contributed by atoms with Crippen LogP contribution in [0.2, 0.25) is 10.0 Å². The molecule has 0 heterocycles. The molecule has 94 valence electrons. The van der Waals surface area contributed by atoms with E-state index in [1.165, 1.54) is 12.1 Å². The topological polar surface area (TPSA) is 26.0 Å². The number of halogens is 3. The Kier molecular flexibility index (Phi) is 3.62. The summed E-state index contributed by atoms with van der Waals surface area (Å²) in [5.74, 6) is -0.299. The van der Waals surface area contributed by atoms with Crippen molar-refractivity contribution in [3.63, 3.8) is 0 Å². The van der Waals surface area contributed by atoms with Crippen molar-refractivity contribution in [1.29, 1.82) is 0 Å². The zero-order valence-corrected chi connectivity index (χ0v) is 11.3. The van der Waals surface area contributed by atoms with E-state index in [1.807, 2.05) is 13.0 Å². The maximum atomic E-state index is 12.9. The molecule has 2 N–H and O–H groups in total. The van der Waals surface area contributed by atoms with Crippen LogP contribution in [0.5, 0.6) is 0 Å². The lowest BCUT2D eigenvalue weighted by Crippen LogP contribution is -2.34. The van der Waals surface area contributed by atoms with Crippen LogP contribution < -0.4 is 5.73 Å². The van der Waals surface area contributed by atoms with Gasteiger partial charge in [-0.1, -0.05) is 47.5 Å². The minimum Gasteiger partial charge on any atom is -0.318 e. The van der Waals surface area contributed by atoms with Crippen LogP contribution in [0.25, 0.3) is 0 Å². The van der Waals surface area contributed by atoms with Crippen LogP contribution in [0.3, 0.4) is 0 Å². The molecule has 0 radical (unpaired) electrons. The monoisotopic (exact) mass is 283 g/mol. The maximum absolute atomic E-state index is 12.9. The van der Waals surface area contributed by atoms with E-state index in [2.05, 4.69) is 0 Å². The van der Waals surface area contributed by atoms with E-state index in [0.717, 1.165) is 5.56 Å². The lowest BCUT2D eigenvalue weighted by Gasteiger charge is -2.27. The normalized spacial score (nSPS) is 14.3. The highest BCUT2D eigenvalue weighted by Crippen LogP contribution is 2.35. The summed E-state index contributed by atoms with van der Waals surface area (Å²) in [6.07, 6.45) is 0. The van der Waals surface area contributed by atoms with E-state index in [9.17, 15) is 4.39 Å². The Morgan fingerprint density at radius 1 is 1.06 bits per heavy atom. The number of hydrogen-bond acceptors (Lipinski definition) is 1. The molecule has 2 aromatic carbocycles. The van der Waals surface area contributed by atoms with Crippen molar-refractivity contribution in [2.45, 2.75) is 12.5 Å². The second-order valence-corrected chi connectivity index (χ2v) is 5.10.